The molecule has 1 aromatic rings. The minimum Gasteiger partial charge on any atom is -0.497 e. The van der Waals surface area contributed by atoms with Gasteiger partial charge in [0, 0.05) is 17.3 Å². The van der Waals surface area contributed by atoms with Gasteiger partial charge in [0.15, 0.2) is 0 Å². The van der Waals surface area contributed by atoms with Gasteiger partial charge in [-0.05, 0) is 95.2 Å². The van der Waals surface area contributed by atoms with Crippen LogP contribution >= 0.6 is 0 Å². The molecule has 180 valence electrons. The molecule has 1 fully saturated rings. The van der Waals surface area contributed by atoms with Crippen molar-refractivity contribution in [3.8, 4) is 11.5 Å². The first kappa shape index (κ1) is 22.8. The summed E-state index contributed by atoms with van der Waals surface area (Å²) in [6, 6.07) is 4.18. The van der Waals surface area contributed by atoms with Gasteiger partial charge in [-0.15, -0.1) is 0 Å². The highest BCUT2D eigenvalue weighted by Crippen LogP contribution is 2.66. The van der Waals surface area contributed by atoms with Crippen molar-refractivity contribution in [1.82, 2.24) is 0 Å². The van der Waals surface area contributed by atoms with E-state index in [4.69, 9.17) is 18.9 Å². The zero-order valence-electron chi connectivity index (χ0n) is 21.5. The molecule has 0 aromatic heterocycles. The van der Waals surface area contributed by atoms with Crippen molar-refractivity contribution in [3.05, 3.63) is 47.2 Å². The lowest BCUT2D eigenvalue weighted by Crippen LogP contribution is -2.57. The molecule has 4 atom stereocenters. The summed E-state index contributed by atoms with van der Waals surface area (Å²) in [4.78, 5) is 0. The second kappa shape index (κ2) is 7.28. The van der Waals surface area contributed by atoms with E-state index >= 15 is 0 Å². The Kier molecular flexibility index (Phi) is 5.04. The Morgan fingerprint density at radius 1 is 0.970 bits per heavy atom. The summed E-state index contributed by atoms with van der Waals surface area (Å²) in [5, 5.41) is 0. The zero-order chi connectivity index (χ0) is 23.7. The zero-order valence-corrected chi connectivity index (χ0v) is 21.5. The molecular formula is C29H40O4. The SMILES string of the molecule is COc1cc(C)c2c(c1)CCC(C)(CCC1=C[C@@]3(C)CCC[C@@]3(C)[C@]3(C=CC(C)(C)O3)O1)O2. The number of methoxy groups -OCH3 is 1. The van der Waals surface area contributed by atoms with Crippen molar-refractivity contribution in [2.45, 2.75) is 103 Å². The van der Waals surface area contributed by atoms with Crippen LogP contribution in [-0.4, -0.2) is 24.1 Å². The molecule has 0 N–H and O–H groups in total. The first-order valence-electron chi connectivity index (χ1n) is 12.6. The van der Waals surface area contributed by atoms with Gasteiger partial charge in [0.1, 0.15) is 17.1 Å². The molecule has 1 spiro atoms. The molecule has 1 saturated carbocycles. The predicted molar refractivity (Wildman–Crippen MR) is 131 cm³/mol. The maximum absolute atomic E-state index is 6.79. The Hall–Kier alpha value is -1.94. The smallest absolute Gasteiger partial charge is 0.236 e. The van der Waals surface area contributed by atoms with Gasteiger partial charge in [-0.2, -0.15) is 0 Å². The summed E-state index contributed by atoms with van der Waals surface area (Å²) >= 11 is 0. The van der Waals surface area contributed by atoms with E-state index < -0.39 is 5.79 Å². The fraction of sp³-hybridized carbons (Fsp3) is 0.655. The van der Waals surface area contributed by atoms with Crippen LogP contribution in [0.1, 0.15) is 84.3 Å². The highest BCUT2D eigenvalue weighted by Gasteiger charge is 2.66. The lowest BCUT2D eigenvalue weighted by atomic mass is 9.61. The van der Waals surface area contributed by atoms with Gasteiger partial charge in [-0.1, -0.05) is 26.3 Å². The molecule has 0 bridgehead atoms. The molecule has 1 aromatic carbocycles. The number of rotatable bonds is 4. The van der Waals surface area contributed by atoms with Crippen LogP contribution in [-0.2, 0) is 15.9 Å². The van der Waals surface area contributed by atoms with Gasteiger partial charge in [0.05, 0.1) is 18.5 Å². The Bertz CT molecular complexity index is 1020. The molecule has 33 heavy (non-hydrogen) atoms. The molecule has 4 heteroatoms. The van der Waals surface area contributed by atoms with Crippen molar-refractivity contribution in [3.63, 3.8) is 0 Å². The Labute approximate surface area is 199 Å². The molecule has 0 saturated heterocycles. The summed E-state index contributed by atoms with van der Waals surface area (Å²) < 4.78 is 25.6. The van der Waals surface area contributed by atoms with Crippen molar-refractivity contribution in [2.24, 2.45) is 10.8 Å². The van der Waals surface area contributed by atoms with E-state index in [1.165, 1.54) is 18.4 Å². The molecule has 3 heterocycles. The Morgan fingerprint density at radius 3 is 2.45 bits per heavy atom. The fourth-order valence-corrected chi connectivity index (χ4v) is 6.63. The van der Waals surface area contributed by atoms with Crippen molar-refractivity contribution in [1.29, 1.82) is 0 Å². The van der Waals surface area contributed by atoms with Crippen molar-refractivity contribution in [2.75, 3.05) is 7.11 Å². The van der Waals surface area contributed by atoms with E-state index in [-0.39, 0.29) is 22.0 Å². The molecule has 4 aliphatic rings. The van der Waals surface area contributed by atoms with Crippen LogP contribution in [0.2, 0.25) is 0 Å². The number of ether oxygens (including phenoxy) is 4. The van der Waals surface area contributed by atoms with Gasteiger partial charge in [-0.25, -0.2) is 0 Å². The first-order chi connectivity index (χ1) is 15.4. The fourth-order valence-electron chi connectivity index (χ4n) is 6.63. The summed E-state index contributed by atoms with van der Waals surface area (Å²) in [7, 11) is 1.72. The Morgan fingerprint density at radius 2 is 1.76 bits per heavy atom. The Balaban J connectivity index is 1.38. The topological polar surface area (TPSA) is 36.9 Å². The highest BCUT2D eigenvalue weighted by atomic mass is 16.7. The highest BCUT2D eigenvalue weighted by molar-refractivity contribution is 5.48. The first-order valence-corrected chi connectivity index (χ1v) is 12.6. The molecule has 1 unspecified atom stereocenters. The molecule has 0 amide bonds. The molecule has 0 radical (unpaired) electrons. The van der Waals surface area contributed by atoms with E-state index in [2.05, 4.69) is 71.9 Å². The van der Waals surface area contributed by atoms with Gasteiger partial charge in [-0.3, -0.25) is 0 Å². The number of allylic oxidation sites excluding steroid dienone is 2. The van der Waals surface area contributed by atoms with Crippen LogP contribution in [0.4, 0.5) is 0 Å². The third-order valence-electron chi connectivity index (χ3n) is 9.02. The molecule has 5 rings (SSSR count). The monoisotopic (exact) mass is 452 g/mol. The third-order valence-corrected chi connectivity index (χ3v) is 9.02. The van der Waals surface area contributed by atoms with Crippen LogP contribution in [0.25, 0.3) is 0 Å². The lowest BCUT2D eigenvalue weighted by molar-refractivity contribution is -0.292. The number of aryl methyl sites for hydroxylation is 2. The van der Waals surface area contributed by atoms with Gasteiger partial charge in [0.25, 0.3) is 0 Å². The third kappa shape index (κ3) is 3.51. The van der Waals surface area contributed by atoms with E-state index in [0.29, 0.717) is 0 Å². The van der Waals surface area contributed by atoms with Gasteiger partial charge < -0.3 is 18.9 Å². The van der Waals surface area contributed by atoms with Crippen LogP contribution < -0.4 is 9.47 Å². The maximum Gasteiger partial charge on any atom is 0.236 e. The van der Waals surface area contributed by atoms with Crippen LogP contribution in [0.15, 0.2) is 36.1 Å². The van der Waals surface area contributed by atoms with E-state index in [1.807, 2.05) is 0 Å². The average molecular weight is 453 g/mol. The molecule has 1 aliphatic carbocycles. The second-order valence-electron chi connectivity index (χ2n) is 12.0. The molecule has 4 nitrogen and oxygen atoms in total. The van der Waals surface area contributed by atoms with Gasteiger partial charge in [0.2, 0.25) is 5.79 Å². The maximum atomic E-state index is 6.79. The number of hydrogen-bond donors (Lipinski definition) is 0. The number of benzene rings is 1. The summed E-state index contributed by atoms with van der Waals surface area (Å²) in [5.74, 6) is 2.31. The summed E-state index contributed by atoms with van der Waals surface area (Å²) in [5.41, 5.74) is 1.87. The van der Waals surface area contributed by atoms with Crippen LogP contribution in [0.3, 0.4) is 0 Å². The van der Waals surface area contributed by atoms with E-state index in [1.54, 1.807) is 7.11 Å². The quantitative estimate of drug-likeness (QED) is 0.459. The minimum absolute atomic E-state index is 0.0614. The average Bonchev–Trinajstić information content (AvgIpc) is 3.24. The minimum atomic E-state index is -0.681. The van der Waals surface area contributed by atoms with Crippen LogP contribution in [0.5, 0.6) is 11.5 Å². The van der Waals surface area contributed by atoms with Crippen LogP contribution in [0, 0.1) is 17.8 Å². The van der Waals surface area contributed by atoms with Crippen molar-refractivity contribution < 1.29 is 18.9 Å². The second-order valence-corrected chi connectivity index (χ2v) is 12.0. The normalized spacial score (nSPS) is 38.3. The largest absolute Gasteiger partial charge is 0.497 e. The van der Waals surface area contributed by atoms with E-state index in [9.17, 15) is 0 Å². The summed E-state index contributed by atoms with van der Waals surface area (Å²) in [6.07, 6.45) is 14.1. The number of fused-ring (bicyclic) bond motifs is 3. The summed E-state index contributed by atoms with van der Waals surface area (Å²) in [6.45, 7) is 13.4. The van der Waals surface area contributed by atoms with Crippen molar-refractivity contribution >= 4 is 0 Å². The van der Waals surface area contributed by atoms with E-state index in [0.717, 1.165) is 54.9 Å². The predicted octanol–water partition coefficient (Wildman–Crippen LogP) is 7.04. The standard InChI is InChI=1S/C29H40O4/c1-20-17-23(30-7)18-21-9-13-27(5,32-24(20)21)14-10-22-19-26(4)11-8-12-28(26,6)29(31-22)16-15-25(2,3)33-29/h15-19H,8-14H2,1-7H3/t26-,27?,28-,29-/m1/s1. The molecular weight excluding hydrogens is 412 g/mol. The number of hydrogen-bond acceptors (Lipinski definition) is 4. The molecule has 3 aliphatic heterocycles. The van der Waals surface area contributed by atoms with Gasteiger partial charge >= 0.3 is 0 Å². The lowest BCUT2D eigenvalue weighted by Gasteiger charge is -2.54.